The van der Waals surface area contributed by atoms with Gasteiger partial charge < -0.3 is 10.2 Å². The standard InChI is InChI=1S/C19H17F2N3O2S/c1-24(11-17-23-15-4-2-3-5-16(15)27-17)18(25)8-9-22-19(26)13-7-6-12(20)10-14(13)21/h2-7,10H,8-9,11H2,1H3,(H,22,26). The van der Waals surface area contributed by atoms with Gasteiger partial charge in [0.05, 0.1) is 22.3 Å². The van der Waals surface area contributed by atoms with Crippen molar-refractivity contribution in [2.24, 2.45) is 0 Å². The van der Waals surface area contributed by atoms with E-state index < -0.39 is 17.5 Å². The Balaban J connectivity index is 1.50. The Hall–Kier alpha value is -2.87. The van der Waals surface area contributed by atoms with E-state index in [1.54, 1.807) is 7.05 Å². The molecule has 27 heavy (non-hydrogen) atoms. The number of nitrogens with one attached hydrogen (secondary N) is 1. The first-order chi connectivity index (χ1) is 12.9. The van der Waals surface area contributed by atoms with E-state index in [9.17, 15) is 18.4 Å². The zero-order valence-corrected chi connectivity index (χ0v) is 15.4. The molecule has 1 heterocycles. The smallest absolute Gasteiger partial charge is 0.254 e. The van der Waals surface area contributed by atoms with Gasteiger partial charge in [0, 0.05) is 26.1 Å². The lowest BCUT2D eigenvalue weighted by Gasteiger charge is -2.15. The highest BCUT2D eigenvalue weighted by molar-refractivity contribution is 7.18. The van der Waals surface area contributed by atoms with Gasteiger partial charge in [0.2, 0.25) is 5.91 Å². The van der Waals surface area contributed by atoms with Crippen molar-refractivity contribution < 1.29 is 18.4 Å². The predicted octanol–water partition coefficient (Wildman–Crippen LogP) is 3.35. The van der Waals surface area contributed by atoms with Crippen molar-refractivity contribution >= 4 is 33.4 Å². The molecule has 0 atom stereocenters. The van der Waals surface area contributed by atoms with E-state index in [2.05, 4.69) is 10.3 Å². The summed E-state index contributed by atoms with van der Waals surface area (Å²) in [6, 6.07) is 10.5. The second-order valence-electron chi connectivity index (χ2n) is 5.96. The van der Waals surface area contributed by atoms with E-state index in [4.69, 9.17) is 0 Å². The number of nitrogens with zero attached hydrogens (tertiary/aromatic N) is 2. The van der Waals surface area contributed by atoms with Crippen molar-refractivity contribution in [1.29, 1.82) is 0 Å². The molecule has 0 aliphatic rings. The number of halogens is 2. The highest BCUT2D eigenvalue weighted by Crippen LogP contribution is 2.22. The lowest BCUT2D eigenvalue weighted by molar-refractivity contribution is -0.130. The van der Waals surface area contributed by atoms with E-state index in [1.165, 1.54) is 16.2 Å². The Bertz CT molecular complexity index is 957. The molecule has 0 unspecified atom stereocenters. The molecule has 3 aromatic rings. The first-order valence-electron chi connectivity index (χ1n) is 8.25. The average Bonchev–Trinajstić information content (AvgIpc) is 3.03. The fourth-order valence-electron chi connectivity index (χ4n) is 2.52. The van der Waals surface area contributed by atoms with Crippen molar-refractivity contribution in [2.45, 2.75) is 13.0 Å². The summed E-state index contributed by atoms with van der Waals surface area (Å²) in [5, 5.41) is 3.29. The summed E-state index contributed by atoms with van der Waals surface area (Å²) in [6.45, 7) is 0.428. The van der Waals surface area contributed by atoms with Gasteiger partial charge in [-0.05, 0) is 24.3 Å². The van der Waals surface area contributed by atoms with Crippen LogP contribution < -0.4 is 5.32 Å². The van der Waals surface area contributed by atoms with Crippen molar-refractivity contribution in [2.75, 3.05) is 13.6 Å². The van der Waals surface area contributed by atoms with E-state index in [1.807, 2.05) is 24.3 Å². The normalized spacial score (nSPS) is 10.8. The Labute approximate surface area is 158 Å². The molecule has 1 N–H and O–H groups in total. The van der Waals surface area contributed by atoms with Gasteiger partial charge in [0.25, 0.3) is 5.91 Å². The van der Waals surface area contributed by atoms with Crippen LogP contribution in [0.2, 0.25) is 0 Å². The number of amides is 2. The second kappa shape index (κ2) is 8.22. The predicted molar refractivity (Wildman–Crippen MR) is 99.4 cm³/mol. The van der Waals surface area contributed by atoms with Gasteiger partial charge in [0.1, 0.15) is 16.6 Å². The van der Waals surface area contributed by atoms with Gasteiger partial charge in [-0.3, -0.25) is 9.59 Å². The minimum Gasteiger partial charge on any atom is -0.351 e. The lowest BCUT2D eigenvalue weighted by atomic mass is 10.2. The molecule has 0 aliphatic carbocycles. The fourth-order valence-corrected chi connectivity index (χ4v) is 3.54. The maximum Gasteiger partial charge on any atom is 0.254 e. The topological polar surface area (TPSA) is 62.3 Å². The molecule has 0 saturated carbocycles. The number of rotatable bonds is 6. The lowest BCUT2D eigenvalue weighted by Crippen LogP contribution is -2.32. The molecular weight excluding hydrogens is 372 g/mol. The maximum absolute atomic E-state index is 13.6. The summed E-state index contributed by atoms with van der Waals surface area (Å²) in [5.74, 6) is -2.55. The van der Waals surface area contributed by atoms with Gasteiger partial charge in [-0.15, -0.1) is 11.3 Å². The Morgan fingerprint density at radius 2 is 1.96 bits per heavy atom. The van der Waals surface area contributed by atoms with Crippen LogP contribution in [0.15, 0.2) is 42.5 Å². The number of carbonyl (C=O) groups excluding carboxylic acids is 2. The first-order valence-corrected chi connectivity index (χ1v) is 9.07. The van der Waals surface area contributed by atoms with Crippen LogP contribution in [0.5, 0.6) is 0 Å². The molecular formula is C19H17F2N3O2S. The minimum atomic E-state index is -0.938. The minimum absolute atomic E-state index is 0.0542. The molecule has 5 nitrogen and oxygen atoms in total. The van der Waals surface area contributed by atoms with Crippen LogP contribution in [0.1, 0.15) is 21.8 Å². The average molecular weight is 389 g/mol. The Kier molecular flexibility index (Phi) is 5.75. The molecule has 0 aliphatic heterocycles. The summed E-state index contributed by atoms with van der Waals surface area (Å²) in [5.41, 5.74) is 0.638. The zero-order valence-electron chi connectivity index (χ0n) is 14.5. The number of thiazole rings is 1. The van der Waals surface area contributed by atoms with Crippen LogP contribution in [-0.4, -0.2) is 35.3 Å². The molecule has 3 rings (SSSR count). The summed E-state index contributed by atoms with van der Waals surface area (Å²) in [6.07, 6.45) is 0.0654. The third kappa shape index (κ3) is 4.65. The molecule has 0 saturated heterocycles. The van der Waals surface area contributed by atoms with E-state index >= 15 is 0 Å². The third-order valence-corrected chi connectivity index (χ3v) is 4.96. The van der Waals surface area contributed by atoms with E-state index in [0.717, 1.165) is 27.4 Å². The number of hydrogen-bond donors (Lipinski definition) is 1. The summed E-state index contributed by atoms with van der Waals surface area (Å²) in [7, 11) is 1.66. The monoisotopic (exact) mass is 389 g/mol. The largest absolute Gasteiger partial charge is 0.351 e. The van der Waals surface area contributed by atoms with Gasteiger partial charge >= 0.3 is 0 Å². The summed E-state index contributed by atoms with van der Waals surface area (Å²) >= 11 is 1.52. The first kappa shape index (κ1) is 18.9. The van der Waals surface area contributed by atoms with Crippen LogP contribution in [-0.2, 0) is 11.3 Å². The summed E-state index contributed by atoms with van der Waals surface area (Å²) in [4.78, 5) is 30.1. The summed E-state index contributed by atoms with van der Waals surface area (Å²) < 4.78 is 27.5. The molecule has 0 bridgehead atoms. The highest BCUT2D eigenvalue weighted by Gasteiger charge is 2.15. The SMILES string of the molecule is CN(Cc1nc2ccccc2s1)C(=O)CCNC(=O)c1ccc(F)cc1F. The molecule has 8 heteroatoms. The van der Waals surface area contributed by atoms with Gasteiger partial charge in [-0.2, -0.15) is 0 Å². The van der Waals surface area contributed by atoms with Crippen LogP contribution in [0.3, 0.4) is 0 Å². The number of aromatic nitrogens is 1. The zero-order chi connectivity index (χ0) is 19.4. The third-order valence-electron chi connectivity index (χ3n) is 3.94. The number of hydrogen-bond acceptors (Lipinski definition) is 4. The van der Waals surface area contributed by atoms with Crippen LogP contribution in [0, 0.1) is 11.6 Å². The maximum atomic E-state index is 13.6. The van der Waals surface area contributed by atoms with Crippen molar-refractivity contribution in [3.05, 3.63) is 64.7 Å². The Morgan fingerprint density at radius 1 is 1.19 bits per heavy atom. The van der Waals surface area contributed by atoms with Crippen LogP contribution in [0.25, 0.3) is 10.2 Å². The molecule has 0 fully saturated rings. The number of para-hydroxylation sites is 1. The van der Waals surface area contributed by atoms with Gasteiger partial charge in [0.15, 0.2) is 0 Å². The van der Waals surface area contributed by atoms with Gasteiger partial charge in [-0.1, -0.05) is 12.1 Å². The van der Waals surface area contributed by atoms with Crippen molar-refractivity contribution in [3.8, 4) is 0 Å². The highest BCUT2D eigenvalue weighted by atomic mass is 32.1. The van der Waals surface area contributed by atoms with E-state index in [0.29, 0.717) is 12.6 Å². The number of benzene rings is 2. The van der Waals surface area contributed by atoms with Crippen molar-refractivity contribution in [1.82, 2.24) is 15.2 Å². The molecule has 2 aromatic carbocycles. The number of carbonyl (C=O) groups is 2. The quantitative estimate of drug-likeness (QED) is 0.703. The molecule has 0 spiro atoms. The van der Waals surface area contributed by atoms with Crippen LogP contribution >= 0.6 is 11.3 Å². The van der Waals surface area contributed by atoms with Crippen LogP contribution in [0.4, 0.5) is 8.78 Å². The Morgan fingerprint density at radius 3 is 2.70 bits per heavy atom. The molecule has 140 valence electrons. The molecule has 2 amide bonds. The van der Waals surface area contributed by atoms with Gasteiger partial charge in [-0.25, -0.2) is 13.8 Å². The molecule has 1 aromatic heterocycles. The second-order valence-corrected chi connectivity index (χ2v) is 7.07. The van der Waals surface area contributed by atoms with E-state index in [-0.39, 0.29) is 24.4 Å². The number of fused-ring (bicyclic) bond motifs is 1. The van der Waals surface area contributed by atoms with Crippen molar-refractivity contribution in [3.63, 3.8) is 0 Å². The molecule has 0 radical (unpaired) electrons. The fraction of sp³-hybridized carbons (Fsp3) is 0.211.